The topological polar surface area (TPSA) is 122 Å². The second-order valence-electron chi connectivity index (χ2n) is 6.31. The number of carboxylic acids is 1. The fourth-order valence-corrected chi connectivity index (χ4v) is 3.82. The first-order chi connectivity index (χ1) is 9.86. The van der Waals surface area contributed by atoms with Crippen LogP contribution >= 0.6 is 0 Å². The van der Waals surface area contributed by atoms with Crippen molar-refractivity contribution in [3.8, 4) is 0 Å². The third-order valence-corrected chi connectivity index (χ3v) is 4.80. The number of amides is 3. The lowest BCUT2D eigenvalue weighted by atomic mass is 9.84. The molecule has 2 aliphatic rings. The first-order valence-electron chi connectivity index (χ1n) is 7.45. The molecule has 2 saturated carbocycles. The van der Waals surface area contributed by atoms with Crippen LogP contribution in [0, 0.1) is 17.8 Å². The lowest BCUT2D eigenvalue weighted by Crippen LogP contribution is -2.51. The fraction of sp³-hybridized carbons (Fsp3) is 0.786. The minimum Gasteiger partial charge on any atom is -0.480 e. The first kappa shape index (κ1) is 15.6. The molecule has 5 atom stereocenters. The van der Waals surface area contributed by atoms with Crippen LogP contribution in [0.4, 0.5) is 4.79 Å². The van der Waals surface area contributed by atoms with Crippen molar-refractivity contribution in [3.05, 3.63) is 0 Å². The van der Waals surface area contributed by atoms with Crippen LogP contribution in [-0.4, -0.2) is 35.1 Å². The number of fused-ring (bicyclic) bond motifs is 2. The van der Waals surface area contributed by atoms with Crippen LogP contribution in [0.25, 0.3) is 0 Å². The summed E-state index contributed by atoms with van der Waals surface area (Å²) in [6.45, 7) is 1.95. The summed E-state index contributed by atoms with van der Waals surface area (Å²) in [7, 11) is 0. The zero-order valence-corrected chi connectivity index (χ0v) is 12.2. The van der Waals surface area contributed by atoms with E-state index in [4.69, 9.17) is 10.8 Å². The molecule has 7 heteroatoms. The van der Waals surface area contributed by atoms with E-state index in [0.717, 1.165) is 12.3 Å². The lowest BCUT2D eigenvalue weighted by Gasteiger charge is -2.29. The van der Waals surface area contributed by atoms with Gasteiger partial charge in [0, 0.05) is 6.04 Å². The van der Waals surface area contributed by atoms with Crippen molar-refractivity contribution in [2.45, 2.75) is 51.1 Å². The van der Waals surface area contributed by atoms with Gasteiger partial charge in [-0.15, -0.1) is 0 Å². The number of carboxylic acid groups (broad SMARTS) is 1. The number of nitrogens with one attached hydrogen (secondary N) is 2. The van der Waals surface area contributed by atoms with E-state index in [2.05, 4.69) is 10.6 Å². The highest BCUT2D eigenvalue weighted by Gasteiger charge is 2.42. The Bertz CT molecular complexity index is 440. The van der Waals surface area contributed by atoms with Gasteiger partial charge in [0.05, 0.1) is 6.42 Å². The normalized spacial score (nSPS) is 29.7. The molecule has 2 aliphatic carbocycles. The minimum absolute atomic E-state index is 0.00308. The number of hydrogen-bond donors (Lipinski definition) is 4. The monoisotopic (exact) mass is 297 g/mol. The van der Waals surface area contributed by atoms with Crippen LogP contribution in [0.3, 0.4) is 0 Å². The van der Waals surface area contributed by atoms with Gasteiger partial charge in [-0.25, -0.2) is 9.59 Å². The van der Waals surface area contributed by atoms with Crippen molar-refractivity contribution in [2.75, 3.05) is 0 Å². The summed E-state index contributed by atoms with van der Waals surface area (Å²) in [6.07, 6.45) is 4.49. The van der Waals surface area contributed by atoms with E-state index >= 15 is 0 Å². The zero-order chi connectivity index (χ0) is 15.6. The molecule has 7 nitrogen and oxygen atoms in total. The number of nitrogens with two attached hydrogens (primary N) is 1. The highest BCUT2D eigenvalue weighted by molar-refractivity contribution is 5.87. The molecular weight excluding hydrogens is 274 g/mol. The van der Waals surface area contributed by atoms with E-state index in [9.17, 15) is 14.4 Å². The Balaban J connectivity index is 1.82. The number of urea groups is 1. The summed E-state index contributed by atoms with van der Waals surface area (Å²) in [5, 5.41) is 14.0. The Morgan fingerprint density at radius 2 is 1.95 bits per heavy atom. The van der Waals surface area contributed by atoms with Crippen LogP contribution in [0.15, 0.2) is 0 Å². The Hall–Kier alpha value is -1.79. The summed E-state index contributed by atoms with van der Waals surface area (Å²) >= 11 is 0. The molecule has 2 fully saturated rings. The predicted molar refractivity (Wildman–Crippen MR) is 75.3 cm³/mol. The smallest absolute Gasteiger partial charge is 0.326 e. The molecule has 3 amide bonds. The summed E-state index contributed by atoms with van der Waals surface area (Å²) in [6, 6.07) is -1.84. The summed E-state index contributed by atoms with van der Waals surface area (Å²) < 4.78 is 0. The van der Waals surface area contributed by atoms with E-state index in [1.165, 1.54) is 19.3 Å². The standard InChI is InChI=1S/C14H23N3O4/c1-7(10-5-8-2-3-9(10)4-8)16-14(21)17-11(13(19)20)6-12(15)18/h7-11H,2-6H2,1H3,(H2,15,18)(H,19,20)(H2,16,17,21). The van der Waals surface area contributed by atoms with Gasteiger partial charge < -0.3 is 21.5 Å². The van der Waals surface area contributed by atoms with Gasteiger partial charge in [-0.3, -0.25) is 4.79 Å². The van der Waals surface area contributed by atoms with Crippen molar-refractivity contribution >= 4 is 17.9 Å². The quantitative estimate of drug-likeness (QED) is 0.568. The highest BCUT2D eigenvalue weighted by Crippen LogP contribution is 2.49. The highest BCUT2D eigenvalue weighted by atomic mass is 16.4. The SMILES string of the molecule is CC(NC(=O)NC(CC(N)=O)C(=O)O)C1CC2CCC1C2. The number of carbonyl (C=O) groups excluding carboxylic acids is 2. The Morgan fingerprint density at radius 1 is 1.24 bits per heavy atom. The lowest BCUT2D eigenvalue weighted by molar-refractivity contribution is -0.140. The Labute approximate surface area is 123 Å². The van der Waals surface area contributed by atoms with Crippen LogP contribution in [0.5, 0.6) is 0 Å². The molecular formula is C14H23N3O4. The Kier molecular flexibility index (Phi) is 4.69. The number of primary amides is 1. The van der Waals surface area contributed by atoms with Gasteiger partial charge in [-0.05, 0) is 43.9 Å². The molecule has 0 spiro atoms. The average Bonchev–Trinajstić information content (AvgIpc) is 2.99. The first-order valence-corrected chi connectivity index (χ1v) is 7.45. The van der Waals surface area contributed by atoms with E-state index in [1.807, 2.05) is 6.92 Å². The third-order valence-electron chi connectivity index (χ3n) is 4.80. The molecule has 21 heavy (non-hydrogen) atoms. The fourth-order valence-electron chi connectivity index (χ4n) is 3.82. The van der Waals surface area contributed by atoms with E-state index in [-0.39, 0.29) is 6.04 Å². The molecule has 0 aromatic rings. The number of rotatable bonds is 6. The molecule has 2 bridgehead atoms. The largest absolute Gasteiger partial charge is 0.480 e. The van der Waals surface area contributed by atoms with Gasteiger partial charge in [0.1, 0.15) is 6.04 Å². The number of carbonyl (C=O) groups is 3. The van der Waals surface area contributed by atoms with Gasteiger partial charge in [0.2, 0.25) is 5.91 Å². The molecule has 118 valence electrons. The van der Waals surface area contributed by atoms with Crippen molar-refractivity contribution in [1.82, 2.24) is 10.6 Å². The van der Waals surface area contributed by atoms with Crippen molar-refractivity contribution in [3.63, 3.8) is 0 Å². The van der Waals surface area contributed by atoms with Crippen LogP contribution in [0.2, 0.25) is 0 Å². The van der Waals surface area contributed by atoms with Gasteiger partial charge in [0.25, 0.3) is 0 Å². The van der Waals surface area contributed by atoms with E-state index in [0.29, 0.717) is 11.8 Å². The van der Waals surface area contributed by atoms with Crippen molar-refractivity contribution < 1.29 is 19.5 Å². The molecule has 0 saturated heterocycles. The minimum atomic E-state index is -1.28. The summed E-state index contributed by atoms with van der Waals surface area (Å²) in [5.74, 6) is -0.102. The van der Waals surface area contributed by atoms with Gasteiger partial charge in [0.15, 0.2) is 0 Å². The van der Waals surface area contributed by atoms with Crippen LogP contribution in [-0.2, 0) is 9.59 Å². The van der Waals surface area contributed by atoms with Gasteiger partial charge in [-0.2, -0.15) is 0 Å². The van der Waals surface area contributed by atoms with Crippen molar-refractivity contribution in [2.24, 2.45) is 23.5 Å². The zero-order valence-electron chi connectivity index (χ0n) is 12.2. The summed E-state index contributed by atoms with van der Waals surface area (Å²) in [4.78, 5) is 33.6. The molecule has 0 aromatic carbocycles. The molecule has 5 unspecified atom stereocenters. The molecule has 0 aromatic heterocycles. The molecule has 2 rings (SSSR count). The number of aliphatic carboxylic acids is 1. The molecule has 5 N–H and O–H groups in total. The maximum atomic E-state index is 11.9. The van der Waals surface area contributed by atoms with Crippen LogP contribution < -0.4 is 16.4 Å². The average molecular weight is 297 g/mol. The molecule has 0 heterocycles. The van der Waals surface area contributed by atoms with Crippen molar-refractivity contribution in [1.29, 1.82) is 0 Å². The second-order valence-corrected chi connectivity index (χ2v) is 6.31. The Morgan fingerprint density at radius 3 is 2.43 bits per heavy atom. The third kappa shape index (κ3) is 3.86. The molecule has 0 aliphatic heterocycles. The summed E-state index contributed by atoms with van der Waals surface area (Å²) in [5.41, 5.74) is 4.97. The van der Waals surface area contributed by atoms with E-state index in [1.54, 1.807) is 0 Å². The second kappa shape index (κ2) is 6.32. The molecule has 0 radical (unpaired) electrons. The van der Waals surface area contributed by atoms with Gasteiger partial charge in [-0.1, -0.05) is 6.42 Å². The van der Waals surface area contributed by atoms with Gasteiger partial charge >= 0.3 is 12.0 Å². The van der Waals surface area contributed by atoms with E-state index < -0.39 is 30.4 Å². The predicted octanol–water partition coefficient (Wildman–Crippen LogP) is 0.439. The van der Waals surface area contributed by atoms with Crippen LogP contribution in [0.1, 0.15) is 39.0 Å². The maximum absolute atomic E-state index is 11.9. The maximum Gasteiger partial charge on any atom is 0.326 e. The number of hydrogen-bond acceptors (Lipinski definition) is 3.